The van der Waals surface area contributed by atoms with E-state index >= 15 is 0 Å². The van der Waals surface area contributed by atoms with Gasteiger partial charge in [-0.15, -0.1) is 0 Å². The van der Waals surface area contributed by atoms with E-state index in [-0.39, 0.29) is 11.3 Å². The van der Waals surface area contributed by atoms with Crippen molar-refractivity contribution in [3.63, 3.8) is 0 Å². The second-order valence-electron chi connectivity index (χ2n) is 21.1. The molecule has 0 unspecified atom stereocenters. The maximum Gasteiger partial charge on any atom is 0.220 e. The van der Waals surface area contributed by atoms with Crippen molar-refractivity contribution in [2.45, 2.75) is 51.9 Å². The first-order valence-corrected chi connectivity index (χ1v) is 33.7. The Bertz CT molecular complexity index is 1760. The third-order valence-electron chi connectivity index (χ3n) is 13.6. The predicted molar refractivity (Wildman–Crippen MR) is 347 cm³/mol. The summed E-state index contributed by atoms with van der Waals surface area (Å²) in [5, 5.41) is 2.95. The molecule has 0 fully saturated rings. The van der Waals surface area contributed by atoms with Crippen LogP contribution in [0.4, 0.5) is 5.69 Å². The fourth-order valence-electron chi connectivity index (χ4n) is 8.40. The van der Waals surface area contributed by atoms with E-state index in [1.165, 1.54) is 17.0 Å². The number of carbonyl (C=O) groups is 1. The van der Waals surface area contributed by atoms with Gasteiger partial charge in [0, 0.05) is 45.0 Å². The normalized spacial score (nSPS) is 12.9. The molecule has 0 spiro atoms. The Morgan fingerprint density at radius 1 is 0.323 bits per heavy atom. The first-order valence-electron chi connectivity index (χ1n) is 33.7. The van der Waals surface area contributed by atoms with Crippen LogP contribution in [0.2, 0.25) is 0 Å². The van der Waals surface area contributed by atoms with Crippen LogP contribution in [0.25, 0.3) is 0 Å². The molecule has 0 radical (unpaired) electrons. The Hall–Kier alpha value is -2.60. The molecule has 1 aromatic rings. The second-order valence-corrected chi connectivity index (χ2v) is 21.1. The standard InChI is InChI=1S/C66H122N2O25/c1-62-66(2,3)63-10-7-8-11-64(63)68(62)14-9-5-6-12-65(69)67-13-15-71-18-19-73-22-23-75-26-27-77-30-31-79-34-35-81-38-39-83-42-43-85-46-47-87-50-51-89-54-55-91-58-59-93-61-60-92-57-56-90-53-52-88-49-48-86-45-44-84-41-40-82-37-36-80-33-32-78-29-28-76-25-24-74-21-20-72-17-16-70-4/h7-8,10-11H,5-6,9,12-61H2,1-4H3/p+1. The number of methoxy groups -OCH3 is 1. The van der Waals surface area contributed by atoms with E-state index in [0.717, 1.165) is 25.8 Å². The molecule has 0 atom stereocenters. The molecule has 1 N–H and O–H groups in total. The number of hydrogen-bond donors (Lipinski definition) is 1. The Kier molecular flexibility index (Phi) is 64.5. The topological polar surface area (TPSA) is 254 Å². The van der Waals surface area contributed by atoms with E-state index in [4.69, 9.17) is 114 Å². The Labute approximate surface area is 556 Å². The van der Waals surface area contributed by atoms with Crippen LogP contribution in [-0.2, 0) is 124 Å². The molecule has 0 saturated carbocycles. The van der Waals surface area contributed by atoms with Gasteiger partial charge in [0.05, 0.1) is 316 Å². The summed E-state index contributed by atoms with van der Waals surface area (Å²) in [6.07, 6.45) is 3.49. The molecule has 1 aliphatic rings. The average Bonchev–Trinajstić information content (AvgIpc) is 1.61. The lowest BCUT2D eigenvalue weighted by Crippen LogP contribution is -2.27. The largest absolute Gasteiger partial charge is 0.382 e. The number of fused-ring (bicyclic) bond motifs is 1. The van der Waals surface area contributed by atoms with E-state index in [1.807, 2.05) is 0 Å². The molecular formula is C66H123N2O25+. The number of hydrogen-bond acceptors (Lipinski definition) is 25. The van der Waals surface area contributed by atoms with Crippen LogP contribution in [0.1, 0.15) is 52.0 Å². The van der Waals surface area contributed by atoms with Crippen molar-refractivity contribution < 1.29 is 123 Å². The molecule has 2 rings (SSSR count). The zero-order valence-electron chi connectivity index (χ0n) is 57.4. The van der Waals surface area contributed by atoms with Crippen molar-refractivity contribution >= 4 is 17.3 Å². The van der Waals surface area contributed by atoms with Gasteiger partial charge in [-0.3, -0.25) is 4.79 Å². The van der Waals surface area contributed by atoms with Gasteiger partial charge in [-0.05, 0) is 26.7 Å². The van der Waals surface area contributed by atoms with Crippen molar-refractivity contribution in [3.8, 4) is 0 Å². The Morgan fingerprint density at radius 2 is 0.548 bits per heavy atom. The smallest absolute Gasteiger partial charge is 0.220 e. The lowest BCUT2D eigenvalue weighted by molar-refractivity contribution is -0.439. The van der Waals surface area contributed by atoms with Crippen LogP contribution >= 0.6 is 0 Å². The summed E-state index contributed by atoms with van der Waals surface area (Å²) in [5.41, 5.74) is 4.16. The molecule has 0 bridgehead atoms. The number of para-hydroxylation sites is 1. The van der Waals surface area contributed by atoms with Crippen LogP contribution < -0.4 is 5.32 Å². The summed E-state index contributed by atoms with van der Waals surface area (Å²) in [7, 11) is 1.64. The number of unbranched alkanes of at least 4 members (excludes halogenated alkanes) is 2. The molecule has 0 aliphatic carbocycles. The maximum absolute atomic E-state index is 12.2. The fourth-order valence-corrected chi connectivity index (χ4v) is 8.40. The summed E-state index contributed by atoms with van der Waals surface area (Å²) in [4.78, 5) is 12.2. The van der Waals surface area contributed by atoms with Gasteiger partial charge in [-0.25, -0.2) is 0 Å². The summed E-state index contributed by atoms with van der Waals surface area (Å²) in [6.45, 7) is 31.5. The monoisotopic (exact) mass is 1340 g/mol. The summed E-state index contributed by atoms with van der Waals surface area (Å²) >= 11 is 0. The quantitative estimate of drug-likeness (QED) is 0.0719. The number of rotatable bonds is 78. The average molecular weight is 1340 g/mol. The van der Waals surface area contributed by atoms with E-state index in [0.29, 0.717) is 323 Å². The van der Waals surface area contributed by atoms with Gasteiger partial charge in [-0.2, -0.15) is 4.58 Å². The maximum atomic E-state index is 12.2. The van der Waals surface area contributed by atoms with Crippen molar-refractivity contribution in [2.75, 3.05) is 331 Å². The zero-order valence-corrected chi connectivity index (χ0v) is 57.4. The van der Waals surface area contributed by atoms with E-state index < -0.39 is 0 Å². The molecule has 1 aromatic carbocycles. The number of amides is 1. The predicted octanol–water partition coefficient (Wildman–Crippen LogP) is 3.79. The van der Waals surface area contributed by atoms with Crippen LogP contribution in [0, 0.1) is 0 Å². The molecule has 546 valence electrons. The highest BCUT2D eigenvalue weighted by molar-refractivity contribution is 5.93. The zero-order chi connectivity index (χ0) is 66.4. The molecule has 93 heavy (non-hydrogen) atoms. The summed E-state index contributed by atoms with van der Waals surface area (Å²) in [5.74, 6) is 0.0724. The van der Waals surface area contributed by atoms with Gasteiger partial charge < -0.3 is 119 Å². The van der Waals surface area contributed by atoms with Crippen molar-refractivity contribution in [1.29, 1.82) is 0 Å². The minimum absolute atomic E-state index is 0.0594. The highest BCUT2D eigenvalue weighted by Gasteiger charge is 2.42. The fraction of sp³-hybridized carbons (Fsp3) is 0.879. The van der Waals surface area contributed by atoms with Gasteiger partial charge in [0.15, 0.2) is 5.71 Å². The number of nitrogens with zero attached hydrogens (tertiary/aromatic N) is 1. The number of nitrogens with one attached hydrogen (secondary N) is 1. The van der Waals surface area contributed by atoms with Crippen LogP contribution in [-0.4, -0.2) is 347 Å². The molecule has 1 heterocycles. The van der Waals surface area contributed by atoms with Crippen LogP contribution in [0.15, 0.2) is 24.3 Å². The Balaban J connectivity index is 1.11. The lowest BCUT2D eigenvalue weighted by Gasteiger charge is -2.14. The Morgan fingerprint density at radius 3 is 0.796 bits per heavy atom. The van der Waals surface area contributed by atoms with Crippen LogP contribution in [0.3, 0.4) is 0 Å². The first-order chi connectivity index (χ1) is 46.0. The number of benzene rings is 1. The van der Waals surface area contributed by atoms with Gasteiger partial charge >= 0.3 is 0 Å². The highest BCUT2D eigenvalue weighted by atomic mass is 16.6. The van der Waals surface area contributed by atoms with Gasteiger partial charge in [0.2, 0.25) is 11.6 Å². The second kappa shape index (κ2) is 69.3. The van der Waals surface area contributed by atoms with Crippen molar-refractivity contribution in [2.24, 2.45) is 0 Å². The van der Waals surface area contributed by atoms with Gasteiger partial charge in [0.25, 0.3) is 0 Å². The third-order valence-corrected chi connectivity index (χ3v) is 13.6. The number of carbonyl (C=O) groups excluding carboxylic acids is 1. The van der Waals surface area contributed by atoms with Gasteiger partial charge in [-0.1, -0.05) is 18.2 Å². The molecule has 1 aliphatic heterocycles. The minimum Gasteiger partial charge on any atom is -0.382 e. The highest BCUT2D eigenvalue weighted by Crippen LogP contribution is 2.39. The lowest BCUT2D eigenvalue weighted by atomic mass is 9.82. The van der Waals surface area contributed by atoms with E-state index in [2.05, 4.69) is 54.9 Å². The van der Waals surface area contributed by atoms with E-state index in [9.17, 15) is 4.79 Å². The molecular weight excluding hydrogens is 1220 g/mol. The van der Waals surface area contributed by atoms with E-state index in [1.54, 1.807) is 7.11 Å². The minimum atomic E-state index is 0.0594. The molecule has 0 saturated heterocycles. The van der Waals surface area contributed by atoms with Crippen LogP contribution in [0.5, 0.6) is 0 Å². The third kappa shape index (κ3) is 56.0. The number of ether oxygens (including phenoxy) is 24. The molecule has 27 heteroatoms. The SMILES string of the molecule is COCCOCCOCCOCCOCCOCCOCCOCCOCCOCCOCCOCCOCCOCCOCCOCCOCCOCCOCCOCCOCCOCCOCCOCCNC(=O)CCCCC[N+]1=C(C)C(C)(C)c2ccccc21. The van der Waals surface area contributed by atoms with Crippen molar-refractivity contribution in [1.82, 2.24) is 5.32 Å². The first kappa shape index (κ1) is 86.5. The molecule has 27 nitrogen and oxygen atoms in total. The van der Waals surface area contributed by atoms with Gasteiger partial charge in [0.1, 0.15) is 6.54 Å². The molecule has 1 amide bonds. The summed E-state index contributed by atoms with van der Waals surface area (Å²) < 4.78 is 134. The van der Waals surface area contributed by atoms with Crippen molar-refractivity contribution in [3.05, 3.63) is 29.8 Å². The molecule has 0 aromatic heterocycles. The summed E-state index contributed by atoms with van der Waals surface area (Å²) in [6, 6.07) is 8.67.